The molecule has 1 N–H and O–H groups in total. The van der Waals surface area contributed by atoms with Gasteiger partial charge in [0.2, 0.25) is 0 Å². The van der Waals surface area contributed by atoms with Crippen LogP contribution < -0.4 is 14.8 Å². The van der Waals surface area contributed by atoms with Gasteiger partial charge in [0.25, 0.3) is 0 Å². The molecular formula is C18H21NO2. The molecule has 1 unspecified atom stereocenters. The van der Waals surface area contributed by atoms with Crippen LogP contribution in [-0.4, -0.2) is 20.3 Å². The van der Waals surface area contributed by atoms with Crippen LogP contribution in [0.4, 0.5) is 0 Å². The predicted octanol–water partition coefficient (Wildman–Crippen LogP) is 3.27. The molecule has 3 rings (SSSR count). The van der Waals surface area contributed by atoms with E-state index in [2.05, 4.69) is 42.6 Å². The number of hydrogen-bond acceptors (Lipinski definition) is 3. The average molecular weight is 283 g/mol. The highest BCUT2D eigenvalue weighted by molar-refractivity contribution is 5.40. The Morgan fingerprint density at radius 3 is 2.95 bits per heavy atom. The van der Waals surface area contributed by atoms with E-state index >= 15 is 0 Å². The Bertz CT molecular complexity index is 624. The minimum atomic E-state index is 0.310. The maximum atomic E-state index is 6.07. The lowest BCUT2D eigenvalue weighted by molar-refractivity contribution is 0.246. The van der Waals surface area contributed by atoms with E-state index < -0.39 is 0 Å². The normalized spacial score (nSPS) is 16.4. The van der Waals surface area contributed by atoms with E-state index in [4.69, 9.17) is 9.47 Å². The fourth-order valence-corrected chi connectivity index (χ4v) is 2.74. The Balaban J connectivity index is 1.71. The molecule has 0 aliphatic carbocycles. The van der Waals surface area contributed by atoms with Crippen molar-refractivity contribution in [3.8, 4) is 11.5 Å². The molecule has 0 fully saturated rings. The second kappa shape index (κ2) is 6.19. The van der Waals surface area contributed by atoms with Gasteiger partial charge in [0.1, 0.15) is 11.5 Å². The molecule has 0 amide bonds. The first-order chi connectivity index (χ1) is 10.3. The van der Waals surface area contributed by atoms with Crippen LogP contribution in [0.25, 0.3) is 0 Å². The molecule has 1 aliphatic heterocycles. The van der Waals surface area contributed by atoms with E-state index in [0.717, 1.165) is 18.0 Å². The van der Waals surface area contributed by atoms with E-state index in [-0.39, 0.29) is 0 Å². The Hall–Kier alpha value is -2.00. The van der Waals surface area contributed by atoms with Crippen LogP contribution >= 0.6 is 0 Å². The van der Waals surface area contributed by atoms with Crippen LogP contribution in [0.1, 0.15) is 22.6 Å². The third kappa shape index (κ3) is 3.03. The molecule has 0 saturated carbocycles. The van der Waals surface area contributed by atoms with Crippen molar-refractivity contribution >= 4 is 0 Å². The van der Waals surface area contributed by atoms with Gasteiger partial charge in [-0.2, -0.15) is 0 Å². The Morgan fingerprint density at radius 1 is 1.24 bits per heavy atom. The van der Waals surface area contributed by atoms with Crippen molar-refractivity contribution in [3.63, 3.8) is 0 Å². The highest BCUT2D eigenvalue weighted by atomic mass is 16.5. The summed E-state index contributed by atoms with van der Waals surface area (Å²) in [6.45, 7) is 4.27. The number of benzene rings is 2. The second-order valence-electron chi connectivity index (χ2n) is 5.50. The van der Waals surface area contributed by atoms with Crippen molar-refractivity contribution in [2.45, 2.75) is 19.4 Å². The van der Waals surface area contributed by atoms with Gasteiger partial charge in [0, 0.05) is 17.7 Å². The Morgan fingerprint density at radius 2 is 2.10 bits per heavy atom. The molecule has 21 heavy (non-hydrogen) atoms. The van der Waals surface area contributed by atoms with Crippen molar-refractivity contribution in [3.05, 3.63) is 59.2 Å². The number of hydrogen-bond donors (Lipinski definition) is 1. The summed E-state index contributed by atoms with van der Waals surface area (Å²) in [7, 11) is 1.95. The number of fused-ring (bicyclic) bond motifs is 1. The molecule has 1 heterocycles. The van der Waals surface area contributed by atoms with Crippen molar-refractivity contribution in [2.75, 3.05) is 20.3 Å². The van der Waals surface area contributed by atoms with Gasteiger partial charge in [-0.1, -0.05) is 35.9 Å². The molecule has 0 saturated heterocycles. The van der Waals surface area contributed by atoms with Gasteiger partial charge in [-0.25, -0.2) is 0 Å². The summed E-state index contributed by atoms with van der Waals surface area (Å²) in [4.78, 5) is 0. The van der Waals surface area contributed by atoms with Crippen LogP contribution in [-0.2, 0) is 6.54 Å². The summed E-state index contributed by atoms with van der Waals surface area (Å²) in [5.74, 6) is 2.26. The molecule has 0 spiro atoms. The molecule has 3 nitrogen and oxygen atoms in total. The van der Waals surface area contributed by atoms with Crippen molar-refractivity contribution in [2.24, 2.45) is 0 Å². The first kappa shape index (κ1) is 14.0. The van der Waals surface area contributed by atoms with Gasteiger partial charge in [-0.15, -0.1) is 0 Å². The predicted molar refractivity (Wildman–Crippen MR) is 84.1 cm³/mol. The fraction of sp³-hybridized carbons (Fsp3) is 0.333. The third-order valence-corrected chi connectivity index (χ3v) is 3.82. The SMILES string of the molecule is CNCc1cc(C)ccc1OCC1COc2ccccc21. The van der Waals surface area contributed by atoms with E-state index in [0.29, 0.717) is 19.1 Å². The highest BCUT2D eigenvalue weighted by Gasteiger charge is 2.24. The largest absolute Gasteiger partial charge is 0.493 e. The topological polar surface area (TPSA) is 30.5 Å². The maximum absolute atomic E-state index is 6.07. The van der Waals surface area contributed by atoms with Gasteiger partial charge in [0.05, 0.1) is 19.1 Å². The molecular weight excluding hydrogens is 262 g/mol. The van der Waals surface area contributed by atoms with Crippen LogP contribution in [0, 0.1) is 6.92 Å². The monoisotopic (exact) mass is 283 g/mol. The number of aryl methyl sites for hydroxylation is 1. The van der Waals surface area contributed by atoms with Crippen LogP contribution in [0.3, 0.4) is 0 Å². The molecule has 0 aromatic heterocycles. The van der Waals surface area contributed by atoms with E-state index in [1.807, 2.05) is 19.2 Å². The summed E-state index contributed by atoms with van der Waals surface area (Å²) in [6, 6.07) is 14.5. The molecule has 3 heteroatoms. The van der Waals surface area contributed by atoms with Crippen LogP contribution in [0.15, 0.2) is 42.5 Å². The molecule has 2 aromatic carbocycles. The zero-order chi connectivity index (χ0) is 14.7. The lowest BCUT2D eigenvalue weighted by atomic mass is 10.0. The van der Waals surface area contributed by atoms with Crippen molar-refractivity contribution < 1.29 is 9.47 Å². The standard InChI is InChI=1S/C18H21NO2/c1-13-7-8-17(14(9-13)10-19-2)20-11-15-12-21-18-6-4-3-5-16(15)18/h3-9,15,19H,10-12H2,1-2H3. The van der Waals surface area contributed by atoms with Gasteiger partial charge >= 0.3 is 0 Å². The molecule has 0 bridgehead atoms. The summed E-state index contributed by atoms with van der Waals surface area (Å²) in [5.41, 5.74) is 3.70. The highest BCUT2D eigenvalue weighted by Crippen LogP contribution is 2.34. The minimum absolute atomic E-state index is 0.310. The van der Waals surface area contributed by atoms with Crippen molar-refractivity contribution in [1.29, 1.82) is 0 Å². The number of ether oxygens (including phenoxy) is 2. The zero-order valence-corrected chi connectivity index (χ0v) is 12.6. The number of para-hydroxylation sites is 1. The lowest BCUT2D eigenvalue weighted by Crippen LogP contribution is -2.14. The van der Waals surface area contributed by atoms with Gasteiger partial charge in [-0.05, 0) is 26.1 Å². The van der Waals surface area contributed by atoms with E-state index in [1.54, 1.807) is 0 Å². The molecule has 110 valence electrons. The molecule has 1 aliphatic rings. The number of rotatable bonds is 5. The summed E-state index contributed by atoms with van der Waals surface area (Å²) < 4.78 is 11.8. The number of nitrogens with one attached hydrogen (secondary N) is 1. The smallest absolute Gasteiger partial charge is 0.123 e. The average Bonchev–Trinajstić information content (AvgIpc) is 2.90. The third-order valence-electron chi connectivity index (χ3n) is 3.82. The van der Waals surface area contributed by atoms with Crippen LogP contribution in [0.5, 0.6) is 11.5 Å². The fourth-order valence-electron chi connectivity index (χ4n) is 2.74. The van der Waals surface area contributed by atoms with Gasteiger partial charge < -0.3 is 14.8 Å². The van der Waals surface area contributed by atoms with Crippen molar-refractivity contribution in [1.82, 2.24) is 5.32 Å². The van der Waals surface area contributed by atoms with Crippen LogP contribution in [0.2, 0.25) is 0 Å². The zero-order valence-electron chi connectivity index (χ0n) is 12.6. The maximum Gasteiger partial charge on any atom is 0.123 e. The molecule has 0 radical (unpaired) electrons. The Kier molecular flexibility index (Phi) is 4.11. The summed E-state index contributed by atoms with van der Waals surface area (Å²) in [5, 5.41) is 3.19. The van der Waals surface area contributed by atoms with E-state index in [1.165, 1.54) is 16.7 Å². The summed E-state index contributed by atoms with van der Waals surface area (Å²) >= 11 is 0. The van der Waals surface area contributed by atoms with Gasteiger partial charge in [-0.3, -0.25) is 0 Å². The minimum Gasteiger partial charge on any atom is -0.493 e. The lowest BCUT2D eigenvalue weighted by Gasteiger charge is -2.15. The molecule has 1 atom stereocenters. The first-order valence-electron chi connectivity index (χ1n) is 7.36. The Labute approximate surface area is 125 Å². The second-order valence-corrected chi connectivity index (χ2v) is 5.50. The quantitative estimate of drug-likeness (QED) is 0.913. The van der Waals surface area contributed by atoms with E-state index in [9.17, 15) is 0 Å². The first-order valence-corrected chi connectivity index (χ1v) is 7.36. The molecule has 2 aromatic rings. The van der Waals surface area contributed by atoms with Gasteiger partial charge in [0.15, 0.2) is 0 Å². The summed E-state index contributed by atoms with van der Waals surface area (Å²) in [6.07, 6.45) is 0.